The van der Waals surface area contributed by atoms with E-state index in [0.29, 0.717) is 17.9 Å². The molecule has 2 rings (SSSR count). The number of nitrogens with one attached hydrogen (secondary N) is 1. The van der Waals surface area contributed by atoms with Crippen molar-refractivity contribution in [2.75, 3.05) is 6.54 Å². The normalized spacial score (nSPS) is 14.0. The van der Waals surface area contributed by atoms with Crippen LogP contribution in [0, 0.1) is 0 Å². The average Bonchev–Trinajstić information content (AvgIpc) is 2.31. The summed E-state index contributed by atoms with van der Waals surface area (Å²) >= 11 is 0. The number of hydrazone groups is 1. The van der Waals surface area contributed by atoms with Crippen LogP contribution in [0.25, 0.3) is 0 Å². The molecule has 15 heavy (non-hydrogen) atoms. The summed E-state index contributed by atoms with van der Waals surface area (Å²) in [6, 6.07) is 8.98. The topological polar surface area (TPSA) is 50.7 Å². The second-order valence-corrected chi connectivity index (χ2v) is 3.01. The van der Waals surface area contributed by atoms with Crippen molar-refractivity contribution in [3.63, 3.8) is 0 Å². The van der Waals surface area contributed by atoms with E-state index >= 15 is 0 Å². The van der Waals surface area contributed by atoms with Gasteiger partial charge in [-0.3, -0.25) is 0 Å². The molecule has 1 aromatic carbocycles. The van der Waals surface area contributed by atoms with Gasteiger partial charge in [-0.15, -0.1) is 0 Å². The van der Waals surface area contributed by atoms with Crippen molar-refractivity contribution >= 4 is 12.2 Å². The molecule has 1 aromatic rings. The molecule has 0 unspecified atom stereocenters. The highest BCUT2D eigenvalue weighted by Gasteiger charge is 2.12. The Morgan fingerprint density at radius 3 is 2.80 bits per heavy atom. The van der Waals surface area contributed by atoms with Gasteiger partial charge in [0.25, 0.3) is 0 Å². The predicted molar refractivity (Wildman–Crippen MR) is 56.7 cm³/mol. The van der Waals surface area contributed by atoms with Crippen LogP contribution in [0.1, 0.15) is 0 Å². The van der Waals surface area contributed by atoms with Crippen LogP contribution >= 0.6 is 0 Å². The van der Waals surface area contributed by atoms with Gasteiger partial charge in [0.05, 0.1) is 12.1 Å². The number of nitrogens with zero attached hydrogens (tertiary/aromatic N) is 1. The standard InChI is InChI=1S/C11H10N2O2/c14-11(9-6-7-12-13-8-9)15-10-4-2-1-3-5-10/h1-7,13H,8H2. The number of hydrogen-bond acceptors (Lipinski definition) is 4. The van der Waals surface area contributed by atoms with Gasteiger partial charge < -0.3 is 10.2 Å². The van der Waals surface area contributed by atoms with E-state index < -0.39 is 0 Å². The highest BCUT2D eigenvalue weighted by atomic mass is 16.5. The number of ether oxygens (including phenoxy) is 1. The third-order valence-electron chi connectivity index (χ3n) is 1.93. The Kier molecular flexibility index (Phi) is 2.78. The Bertz CT molecular complexity index is 410. The molecule has 0 radical (unpaired) electrons. The average molecular weight is 202 g/mol. The lowest BCUT2D eigenvalue weighted by Crippen LogP contribution is -2.23. The molecule has 1 aliphatic heterocycles. The summed E-state index contributed by atoms with van der Waals surface area (Å²) < 4.78 is 5.14. The van der Waals surface area contributed by atoms with Gasteiger partial charge in [-0.05, 0) is 18.2 Å². The maximum absolute atomic E-state index is 11.6. The quantitative estimate of drug-likeness (QED) is 0.577. The van der Waals surface area contributed by atoms with E-state index in [1.54, 1.807) is 18.2 Å². The molecule has 0 aromatic heterocycles. The lowest BCUT2D eigenvalue weighted by atomic mass is 10.2. The maximum Gasteiger partial charge on any atom is 0.341 e. The molecule has 1 heterocycles. The van der Waals surface area contributed by atoms with Crippen molar-refractivity contribution in [1.82, 2.24) is 5.43 Å². The van der Waals surface area contributed by atoms with Crippen LogP contribution in [0.15, 0.2) is 47.1 Å². The number of carbonyl (C=O) groups is 1. The Morgan fingerprint density at radius 1 is 1.33 bits per heavy atom. The molecule has 4 nitrogen and oxygen atoms in total. The largest absolute Gasteiger partial charge is 0.423 e. The summed E-state index contributed by atoms with van der Waals surface area (Å²) in [5.74, 6) is 0.200. The molecule has 0 bridgehead atoms. The fourth-order valence-electron chi connectivity index (χ4n) is 1.17. The van der Waals surface area contributed by atoms with E-state index in [0.717, 1.165) is 0 Å². The zero-order valence-corrected chi connectivity index (χ0v) is 8.01. The van der Waals surface area contributed by atoms with E-state index in [4.69, 9.17) is 4.74 Å². The zero-order chi connectivity index (χ0) is 10.5. The van der Waals surface area contributed by atoms with Gasteiger partial charge in [-0.2, -0.15) is 5.10 Å². The van der Waals surface area contributed by atoms with Crippen molar-refractivity contribution < 1.29 is 9.53 Å². The Labute approximate surface area is 87.3 Å². The van der Waals surface area contributed by atoms with Crippen LogP contribution in [0.3, 0.4) is 0 Å². The summed E-state index contributed by atoms with van der Waals surface area (Å²) in [5.41, 5.74) is 3.27. The number of para-hydroxylation sites is 1. The third kappa shape index (κ3) is 2.43. The van der Waals surface area contributed by atoms with Crippen LogP contribution in [-0.4, -0.2) is 18.7 Å². The first-order chi connectivity index (χ1) is 7.36. The highest BCUT2D eigenvalue weighted by molar-refractivity contribution is 5.95. The van der Waals surface area contributed by atoms with Crippen LogP contribution in [-0.2, 0) is 4.79 Å². The van der Waals surface area contributed by atoms with Crippen molar-refractivity contribution in [3.8, 4) is 5.75 Å². The van der Waals surface area contributed by atoms with E-state index in [1.807, 2.05) is 18.2 Å². The first kappa shape index (κ1) is 9.45. The molecule has 76 valence electrons. The summed E-state index contributed by atoms with van der Waals surface area (Å²) in [4.78, 5) is 11.6. The van der Waals surface area contributed by atoms with Gasteiger partial charge in [0.15, 0.2) is 0 Å². The lowest BCUT2D eigenvalue weighted by molar-refractivity contribution is -0.130. The molecule has 0 saturated carbocycles. The minimum Gasteiger partial charge on any atom is -0.423 e. The molecule has 0 fully saturated rings. The molecule has 0 aliphatic carbocycles. The van der Waals surface area contributed by atoms with Crippen LogP contribution in [0.2, 0.25) is 0 Å². The molecule has 4 heteroatoms. The maximum atomic E-state index is 11.6. The van der Waals surface area contributed by atoms with Crippen LogP contribution in [0.4, 0.5) is 0 Å². The van der Waals surface area contributed by atoms with Crippen LogP contribution < -0.4 is 10.2 Å². The first-order valence-corrected chi connectivity index (χ1v) is 4.58. The van der Waals surface area contributed by atoms with Crippen molar-refractivity contribution in [1.29, 1.82) is 0 Å². The molecule has 1 N–H and O–H groups in total. The van der Waals surface area contributed by atoms with Gasteiger partial charge in [-0.1, -0.05) is 18.2 Å². The molecular weight excluding hydrogens is 192 g/mol. The zero-order valence-electron chi connectivity index (χ0n) is 8.01. The number of allylic oxidation sites excluding steroid dienone is 1. The first-order valence-electron chi connectivity index (χ1n) is 4.58. The van der Waals surface area contributed by atoms with Gasteiger partial charge >= 0.3 is 5.97 Å². The third-order valence-corrected chi connectivity index (χ3v) is 1.93. The molecular formula is C11H10N2O2. The van der Waals surface area contributed by atoms with Crippen molar-refractivity contribution in [2.24, 2.45) is 5.10 Å². The van der Waals surface area contributed by atoms with E-state index in [9.17, 15) is 4.79 Å². The fraction of sp³-hybridized carbons (Fsp3) is 0.0909. The second-order valence-electron chi connectivity index (χ2n) is 3.01. The number of benzene rings is 1. The molecule has 0 saturated heterocycles. The molecule has 0 amide bonds. The summed E-state index contributed by atoms with van der Waals surface area (Å²) in [6.07, 6.45) is 3.17. The summed E-state index contributed by atoms with van der Waals surface area (Å²) in [5, 5.41) is 3.76. The minimum atomic E-state index is -0.347. The smallest absolute Gasteiger partial charge is 0.341 e. The van der Waals surface area contributed by atoms with E-state index in [2.05, 4.69) is 10.5 Å². The monoisotopic (exact) mass is 202 g/mol. The van der Waals surface area contributed by atoms with Gasteiger partial charge in [-0.25, -0.2) is 4.79 Å². The minimum absolute atomic E-state index is 0.347. The fourth-order valence-corrected chi connectivity index (χ4v) is 1.17. The lowest BCUT2D eigenvalue weighted by Gasteiger charge is -2.09. The number of carbonyl (C=O) groups excluding carboxylic acids is 1. The summed E-state index contributed by atoms with van der Waals surface area (Å²) in [6.45, 7) is 0.405. The SMILES string of the molecule is O=C(Oc1ccccc1)C1=CC=NNC1. The summed E-state index contributed by atoms with van der Waals surface area (Å²) in [7, 11) is 0. The van der Waals surface area contributed by atoms with E-state index in [1.165, 1.54) is 6.21 Å². The molecule has 1 aliphatic rings. The van der Waals surface area contributed by atoms with Crippen molar-refractivity contribution in [3.05, 3.63) is 42.0 Å². The number of esters is 1. The van der Waals surface area contributed by atoms with E-state index in [-0.39, 0.29) is 5.97 Å². The Morgan fingerprint density at radius 2 is 2.13 bits per heavy atom. The van der Waals surface area contributed by atoms with Crippen molar-refractivity contribution in [2.45, 2.75) is 0 Å². The van der Waals surface area contributed by atoms with Gasteiger partial charge in [0.2, 0.25) is 0 Å². The molecule has 0 atom stereocenters. The van der Waals surface area contributed by atoms with Crippen LogP contribution in [0.5, 0.6) is 5.75 Å². The van der Waals surface area contributed by atoms with Gasteiger partial charge in [0, 0.05) is 6.21 Å². The Hall–Kier alpha value is -2.10. The molecule has 0 spiro atoms. The number of hydrogen-bond donors (Lipinski definition) is 1. The van der Waals surface area contributed by atoms with Gasteiger partial charge in [0.1, 0.15) is 5.75 Å². The number of rotatable bonds is 2. The second kappa shape index (κ2) is 4.41. The highest BCUT2D eigenvalue weighted by Crippen LogP contribution is 2.10. The predicted octanol–water partition coefficient (Wildman–Crippen LogP) is 1.11. The Balaban J connectivity index is 2.04.